The molecule has 0 aliphatic carbocycles. The Bertz CT molecular complexity index is 521. The van der Waals surface area contributed by atoms with Crippen LogP contribution in [-0.2, 0) is 4.79 Å². The number of carbonyl (C=O) groups excluding carboxylic acids is 1. The van der Waals surface area contributed by atoms with Crippen molar-refractivity contribution in [2.75, 3.05) is 5.32 Å². The Morgan fingerprint density at radius 2 is 2.28 bits per heavy atom. The van der Waals surface area contributed by atoms with Crippen LogP contribution in [0.3, 0.4) is 0 Å². The zero-order chi connectivity index (χ0) is 13.1. The molecular formula is C11H14N4OS2. The Balaban J connectivity index is 2.05. The lowest BCUT2D eigenvalue weighted by Crippen LogP contribution is -2.39. The molecule has 1 amide bonds. The van der Waals surface area contributed by atoms with Gasteiger partial charge in [0.05, 0.1) is 10.9 Å². The Kier molecular flexibility index (Phi) is 4.05. The van der Waals surface area contributed by atoms with Gasteiger partial charge in [-0.2, -0.15) is 9.36 Å². The summed E-state index contributed by atoms with van der Waals surface area (Å²) in [5.41, 5.74) is 5.76. The van der Waals surface area contributed by atoms with E-state index in [2.05, 4.69) is 14.7 Å². The van der Waals surface area contributed by atoms with Gasteiger partial charge in [-0.25, -0.2) is 0 Å². The van der Waals surface area contributed by atoms with Gasteiger partial charge in [-0.15, -0.1) is 11.3 Å². The van der Waals surface area contributed by atoms with Gasteiger partial charge in [-0.1, -0.05) is 19.9 Å². The third kappa shape index (κ3) is 2.92. The minimum atomic E-state index is -0.529. The van der Waals surface area contributed by atoms with Gasteiger partial charge in [-0.05, 0) is 17.4 Å². The van der Waals surface area contributed by atoms with Crippen molar-refractivity contribution < 1.29 is 4.79 Å². The first-order valence-electron chi connectivity index (χ1n) is 5.52. The van der Waals surface area contributed by atoms with Crippen LogP contribution in [0.15, 0.2) is 17.5 Å². The Morgan fingerprint density at radius 3 is 2.89 bits per heavy atom. The van der Waals surface area contributed by atoms with Gasteiger partial charge in [0.15, 0.2) is 5.82 Å². The highest BCUT2D eigenvalue weighted by molar-refractivity contribution is 7.14. The number of hydrogen-bond acceptors (Lipinski definition) is 6. The lowest BCUT2D eigenvalue weighted by Gasteiger charge is -2.13. The number of thiophene rings is 1. The van der Waals surface area contributed by atoms with E-state index in [-0.39, 0.29) is 11.8 Å². The molecule has 96 valence electrons. The van der Waals surface area contributed by atoms with Crippen molar-refractivity contribution in [3.05, 3.63) is 17.5 Å². The fourth-order valence-corrected chi connectivity index (χ4v) is 2.57. The summed E-state index contributed by atoms with van der Waals surface area (Å²) in [7, 11) is 0. The molecule has 0 radical (unpaired) electrons. The molecule has 0 aliphatic rings. The fraction of sp³-hybridized carbons (Fsp3) is 0.364. The Morgan fingerprint density at radius 1 is 1.50 bits per heavy atom. The summed E-state index contributed by atoms with van der Waals surface area (Å²) >= 11 is 2.73. The summed E-state index contributed by atoms with van der Waals surface area (Å²) in [6, 6.07) is 3.35. The zero-order valence-corrected chi connectivity index (χ0v) is 11.7. The molecule has 0 aromatic carbocycles. The van der Waals surface area contributed by atoms with Gasteiger partial charge in [0.1, 0.15) is 0 Å². The maximum atomic E-state index is 11.8. The summed E-state index contributed by atoms with van der Waals surface area (Å²) < 4.78 is 4.20. The second-order valence-electron chi connectivity index (χ2n) is 4.16. The maximum Gasteiger partial charge on any atom is 0.243 e. The van der Waals surface area contributed by atoms with E-state index in [9.17, 15) is 4.79 Å². The molecule has 0 unspecified atom stereocenters. The van der Waals surface area contributed by atoms with E-state index < -0.39 is 6.04 Å². The molecule has 7 heteroatoms. The molecule has 0 fully saturated rings. The molecule has 2 aromatic rings. The molecule has 2 rings (SSSR count). The number of amides is 1. The number of hydrogen-bond donors (Lipinski definition) is 2. The zero-order valence-electron chi connectivity index (χ0n) is 10.1. The van der Waals surface area contributed by atoms with E-state index in [1.807, 2.05) is 31.4 Å². The van der Waals surface area contributed by atoms with Gasteiger partial charge in [0.25, 0.3) is 0 Å². The minimum absolute atomic E-state index is 0.0923. The van der Waals surface area contributed by atoms with Crippen LogP contribution in [0.4, 0.5) is 5.13 Å². The van der Waals surface area contributed by atoms with Crippen LogP contribution in [-0.4, -0.2) is 21.3 Å². The molecule has 0 saturated carbocycles. The molecule has 3 N–H and O–H groups in total. The van der Waals surface area contributed by atoms with Crippen LogP contribution in [0.2, 0.25) is 0 Å². The van der Waals surface area contributed by atoms with Crippen LogP contribution >= 0.6 is 22.9 Å². The van der Waals surface area contributed by atoms with Gasteiger partial charge in [-0.3, -0.25) is 10.1 Å². The van der Waals surface area contributed by atoms with Crippen LogP contribution in [0.1, 0.15) is 13.8 Å². The Labute approximate surface area is 113 Å². The first kappa shape index (κ1) is 13.1. The van der Waals surface area contributed by atoms with Gasteiger partial charge in [0, 0.05) is 11.5 Å². The summed E-state index contributed by atoms with van der Waals surface area (Å²) in [5, 5.41) is 5.14. The average Bonchev–Trinajstić information content (AvgIpc) is 2.96. The SMILES string of the molecule is CC(C)[C@H](N)C(=O)Nc1nc(-c2cccs2)ns1. The second kappa shape index (κ2) is 5.55. The number of nitrogens with two attached hydrogens (primary N) is 1. The molecule has 2 aromatic heterocycles. The molecule has 0 saturated heterocycles. The van der Waals surface area contributed by atoms with Crippen molar-refractivity contribution in [2.45, 2.75) is 19.9 Å². The largest absolute Gasteiger partial charge is 0.320 e. The van der Waals surface area contributed by atoms with Crippen molar-refractivity contribution in [1.29, 1.82) is 0 Å². The van der Waals surface area contributed by atoms with E-state index in [0.29, 0.717) is 11.0 Å². The average molecular weight is 282 g/mol. The third-order valence-corrected chi connectivity index (χ3v) is 3.92. The van der Waals surface area contributed by atoms with Crippen LogP contribution < -0.4 is 11.1 Å². The van der Waals surface area contributed by atoms with Crippen molar-refractivity contribution in [3.8, 4) is 10.7 Å². The van der Waals surface area contributed by atoms with Crippen molar-refractivity contribution >= 4 is 33.9 Å². The molecule has 0 bridgehead atoms. The number of rotatable bonds is 4. The highest BCUT2D eigenvalue weighted by Crippen LogP contribution is 2.25. The fourth-order valence-electron chi connectivity index (χ4n) is 1.27. The summed E-state index contributed by atoms with van der Waals surface area (Å²) in [5.74, 6) is 0.511. The first-order chi connectivity index (χ1) is 8.58. The number of nitrogens with one attached hydrogen (secondary N) is 1. The van der Waals surface area contributed by atoms with Crippen LogP contribution in [0.25, 0.3) is 10.7 Å². The first-order valence-corrected chi connectivity index (χ1v) is 7.17. The van der Waals surface area contributed by atoms with Gasteiger partial charge in [0.2, 0.25) is 11.0 Å². The maximum absolute atomic E-state index is 11.8. The molecule has 5 nitrogen and oxygen atoms in total. The van der Waals surface area contributed by atoms with E-state index in [4.69, 9.17) is 5.73 Å². The number of carbonyl (C=O) groups is 1. The molecule has 2 heterocycles. The minimum Gasteiger partial charge on any atom is -0.320 e. The van der Waals surface area contributed by atoms with Crippen molar-refractivity contribution in [2.24, 2.45) is 11.7 Å². The second-order valence-corrected chi connectivity index (χ2v) is 5.86. The molecule has 1 atom stereocenters. The molecule has 18 heavy (non-hydrogen) atoms. The van der Waals surface area contributed by atoms with E-state index in [1.165, 1.54) is 0 Å². The van der Waals surface area contributed by atoms with Crippen molar-refractivity contribution in [3.63, 3.8) is 0 Å². The predicted octanol–water partition coefficient (Wildman–Crippen LogP) is 2.19. The number of anilines is 1. The highest BCUT2D eigenvalue weighted by atomic mass is 32.1. The lowest BCUT2D eigenvalue weighted by molar-refractivity contribution is -0.118. The predicted molar refractivity (Wildman–Crippen MR) is 74.7 cm³/mol. The van der Waals surface area contributed by atoms with Crippen LogP contribution in [0.5, 0.6) is 0 Å². The molecule has 0 spiro atoms. The van der Waals surface area contributed by atoms with E-state index >= 15 is 0 Å². The van der Waals surface area contributed by atoms with Gasteiger partial charge < -0.3 is 5.73 Å². The summed E-state index contributed by atoms with van der Waals surface area (Å²) in [4.78, 5) is 17.0. The Hall–Kier alpha value is -1.31. The normalized spacial score (nSPS) is 12.7. The van der Waals surface area contributed by atoms with E-state index in [1.54, 1.807) is 11.3 Å². The monoisotopic (exact) mass is 282 g/mol. The third-order valence-electron chi connectivity index (χ3n) is 2.42. The summed E-state index contributed by atoms with van der Waals surface area (Å²) in [6.07, 6.45) is 0. The van der Waals surface area contributed by atoms with Crippen molar-refractivity contribution in [1.82, 2.24) is 9.36 Å². The standard InChI is InChI=1S/C11H14N4OS2/c1-6(2)8(12)10(16)14-11-13-9(15-18-11)7-4-3-5-17-7/h3-6,8H,12H2,1-2H3,(H,13,14,15,16)/t8-/m0/s1. The topological polar surface area (TPSA) is 80.9 Å². The lowest BCUT2D eigenvalue weighted by atomic mass is 10.1. The summed E-state index contributed by atoms with van der Waals surface area (Å²) in [6.45, 7) is 3.81. The number of nitrogens with zero attached hydrogens (tertiary/aromatic N) is 2. The van der Waals surface area contributed by atoms with Gasteiger partial charge >= 0.3 is 0 Å². The number of aromatic nitrogens is 2. The molecular weight excluding hydrogens is 268 g/mol. The smallest absolute Gasteiger partial charge is 0.243 e. The molecule has 0 aliphatic heterocycles. The van der Waals surface area contributed by atoms with E-state index in [0.717, 1.165) is 16.4 Å². The quantitative estimate of drug-likeness (QED) is 0.900. The van der Waals surface area contributed by atoms with Crippen LogP contribution in [0, 0.1) is 5.92 Å². The highest BCUT2D eigenvalue weighted by Gasteiger charge is 2.19.